The van der Waals surface area contributed by atoms with E-state index in [1.54, 1.807) is 0 Å². The van der Waals surface area contributed by atoms with Gasteiger partial charge in [0.15, 0.2) is 5.58 Å². The van der Waals surface area contributed by atoms with Crippen LogP contribution in [-0.2, 0) is 0 Å². The van der Waals surface area contributed by atoms with Crippen LogP contribution in [0.4, 0.5) is 0 Å². The summed E-state index contributed by atoms with van der Waals surface area (Å²) < 4.78 is 22.1. The Kier molecular flexibility index (Phi) is 5.80. The third-order valence-corrected chi connectivity index (χ3v) is 11.1. The number of para-hydroxylation sites is 5. The van der Waals surface area contributed by atoms with E-state index in [9.17, 15) is 0 Å². The van der Waals surface area contributed by atoms with Crippen LogP contribution >= 0.6 is 0 Å². The maximum absolute atomic E-state index is 6.93. The molecule has 0 saturated heterocycles. The summed E-state index contributed by atoms with van der Waals surface area (Å²) in [6, 6.07) is 60.1. The summed E-state index contributed by atoms with van der Waals surface area (Å²) in [6.07, 6.45) is 0. The molecule has 0 aliphatic rings. The van der Waals surface area contributed by atoms with E-state index in [0.29, 0.717) is 0 Å². The van der Waals surface area contributed by atoms with E-state index in [-0.39, 0.29) is 5.92 Å². The molecule has 0 fully saturated rings. The van der Waals surface area contributed by atoms with Crippen LogP contribution in [0.15, 0.2) is 183 Å². The minimum atomic E-state index is -0.111. The monoisotopic (exact) mass is 679 g/mol. The van der Waals surface area contributed by atoms with Gasteiger partial charge in [-0.25, -0.2) is 0 Å². The van der Waals surface area contributed by atoms with Gasteiger partial charge >= 0.3 is 0 Å². The maximum atomic E-state index is 6.93. The smallest absolute Gasteiger partial charge is 0.159 e. The summed E-state index contributed by atoms with van der Waals surface area (Å²) in [5, 5.41) is 9.10. The van der Waals surface area contributed by atoms with Crippen LogP contribution in [0.25, 0.3) is 93.3 Å². The lowest BCUT2D eigenvalue weighted by Crippen LogP contribution is -2.03. The van der Waals surface area contributed by atoms with Gasteiger partial charge in [0.25, 0.3) is 0 Å². The predicted molar refractivity (Wildman–Crippen MR) is 216 cm³/mol. The zero-order valence-corrected chi connectivity index (χ0v) is 28.4. The molecule has 12 aromatic rings. The molecule has 4 aromatic heterocycles. The Morgan fingerprint density at radius 3 is 1.28 bits per heavy atom. The highest BCUT2D eigenvalue weighted by Crippen LogP contribution is 2.42. The van der Waals surface area contributed by atoms with Gasteiger partial charge in [-0.05, 0) is 65.2 Å². The summed E-state index contributed by atoms with van der Waals surface area (Å²) in [5.41, 5.74) is 12.0. The van der Waals surface area contributed by atoms with Gasteiger partial charge in [0.1, 0.15) is 27.9 Å². The van der Waals surface area contributed by atoms with Crippen molar-refractivity contribution in [2.24, 2.45) is 0 Å². The zero-order chi connectivity index (χ0) is 34.6. The number of rotatable bonds is 4. The minimum absolute atomic E-state index is 0.111. The first kappa shape index (κ1) is 28.6. The molecule has 0 N–H and O–H groups in total. The Labute approximate surface area is 302 Å². The van der Waals surface area contributed by atoms with Crippen LogP contribution in [0.1, 0.15) is 22.6 Å². The predicted octanol–water partition coefficient (Wildman–Crippen LogP) is 13.7. The van der Waals surface area contributed by atoms with Gasteiger partial charge in [0.2, 0.25) is 0 Å². The number of fused-ring (bicyclic) bond motifs is 12. The van der Waals surface area contributed by atoms with Crippen molar-refractivity contribution in [1.82, 2.24) is 4.57 Å². The fraction of sp³-hybridized carbons (Fsp3) is 0.0204. The molecule has 0 unspecified atom stereocenters. The van der Waals surface area contributed by atoms with E-state index in [4.69, 9.17) is 13.3 Å². The van der Waals surface area contributed by atoms with E-state index in [2.05, 4.69) is 150 Å². The highest BCUT2D eigenvalue weighted by molar-refractivity contribution is 6.13. The molecule has 4 nitrogen and oxygen atoms in total. The van der Waals surface area contributed by atoms with Crippen molar-refractivity contribution < 1.29 is 13.3 Å². The SMILES string of the molecule is c1ccc2c(c1)oc1cc(C(c3ccc4c(c3)oc3ccccc34)c3ccc4c(c3)oc3c(-n5c6ccccc6c6ccccc65)cccc34)ccc12. The highest BCUT2D eigenvalue weighted by atomic mass is 16.3. The molecular formula is C49H29NO3. The van der Waals surface area contributed by atoms with Crippen LogP contribution < -0.4 is 0 Å². The Hall–Kier alpha value is -7.04. The van der Waals surface area contributed by atoms with Crippen molar-refractivity contribution in [2.75, 3.05) is 0 Å². The molecule has 8 aromatic carbocycles. The number of hydrogen-bond acceptors (Lipinski definition) is 3. The van der Waals surface area contributed by atoms with Crippen molar-refractivity contribution >= 4 is 87.6 Å². The molecule has 0 amide bonds. The molecule has 12 rings (SSSR count). The second-order valence-corrected chi connectivity index (χ2v) is 14.0. The largest absolute Gasteiger partial charge is 0.456 e. The number of nitrogens with zero attached hydrogens (tertiary/aromatic N) is 1. The molecule has 0 atom stereocenters. The first-order valence-electron chi connectivity index (χ1n) is 18.0. The van der Waals surface area contributed by atoms with Gasteiger partial charge in [0, 0.05) is 49.0 Å². The molecule has 0 spiro atoms. The van der Waals surface area contributed by atoms with Gasteiger partial charge in [0.05, 0.1) is 16.7 Å². The molecular weight excluding hydrogens is 651 g/mol. The van der Waals surface area contributed by atoms with Crippen LogP contribution in [0.3, 0.4) is 0 Å². The molecule has 53 heavy (non-hydrogen) atoms. The molecule has 4 heteroatoms. The molecule has 0 aliphatic carbocycles. The maximum Gasteiger partial charge on any atom is 0.159 e. The zero-order valence-electron chi connectivity index (χ0n) is 28.4. The fourth-order valence-electron chi connectivity index (χ4n) is 8.76. The van der Waals surface area contributed by atoms with Gasteiger partial charge in [-0.3, -0.25) is 0 Å². The molecule has 0 radical (unpaired) electrons. The Morgan fingerprint density at radius 1 is 0.321 bits per heavy atom. The van der Waals surface area contributed by atoms with E-state index in [1.807, 2.05) is 24.3 Å². The van der Waals surface area contributed by atoms with Crippen molar-refractivity contribution in [3.8, 4) is 5.69 Å². The van der Waals surface area contributed by atoms with E-state index < -0.39 is 0 Å². The van der Waals surface area contributed by atoms with Gasteiger partial charge in [-0.1, -0.05) is 121 Å². The summed E-state index contributed by atoms with van der Waals surface area (Å²) in [6.45, 7) is 0. The van der Waals surface area contributed by atoms with Crippen LogP contribution in [-0.4, -0.2) is 4.57 Å². The average Bonchev–Trinajstić information content (AvgIpc) is 3.96. The summed E-state index contributed by atoms with van der Waals surface area (Å²) in [5.74, 6) is -0.111. The second-order valence-electron chi connectivity index (χ2n) is 14.0. The van der Waals surface area contributed by atoms with Crippen molar-refractivity contribution in [1.29, 1.82) is 0 Å². The van der Waals surface area contributed by atoms with Crippen LogP contribution in [0.5, 0.6) is 0 Å². The Balaban J connectivity index is 1.08. The lowest BCUT2D eigenvalue weighted by atomic mass is 9.84. The normalized spacial score (nSPS) is 12.3. The number of benzene rings is 8. The molecule has 0 saturated carbocycles. The second kappa shape index (κ2) is 10.7. The quantitative estimate of drug-likeness (QED) is 0.174. The molecule has 0 bridgehead atoms. The van der Waals surface area contributed by atoms with Crippen LogP contribution in [0.2, 0.25) is 0 Å². The van der Waals surface area contributed by atoms with E-state index in [1.165, 1.54) is 10.8 Å². The topological polar surface area (TPSA) is 44.4 Å². The molecule has 0 aliphatic heterocycles. The fourth-order valence-corrected chi connectivity index (χ4v) is 8.76. The molecule has 4 heterocycles. The summed E-state index contributed by atoms with van der Waals surface area (Å²) >= 11 is 0. The number of aromatic nitrogens is 1. The van der Waals surface area contributed by atoms with Crippen LogP contribution in [0, 0.1) is 0 Å². The lowest BCUT2D eigenvalue weighted by molar-refractivity contribution is 0.665. The Morgan fingerprint density at radius 2 is 0.736 bits per heavy atom. The van der Waals surface area contributed by atoms with Crippen molar-refractivity contribution in [3.05, 3.63) is 187 Å². The standard InChI is InChI=1S/C49H29NO3/c1-5-15-40-32(10-1)33-11-2-6-16-41(33)50(40)42-17-9-14-39-38-25-22-31(28-47(38)53-49(39)42)48(29-20-23-36-34-12-3-7-18-43(34)51-45(36)26-29)30-21-24-37-35-13-4-8-19-44(35)52-46(37)27-30/h1-28,48H. The summed E-state index contributed by atoms with van der Waals surface area (Å²) in [7, 11) is 0. The summed E-state index contributed by atoms with van der Waals surface area (Å²) in [4.78, 5) is 0. The highest BCUT2D eigenvalue weighted by Gasteiger charge is 2.23. The first-order valence-corrected chi connectivity index (χ1v) is 18.0. The van der Waals surface area contributed by atoms with E-state index in [0.717, 1.165) is 99.2 Å². The minimum Gasteiger partial charge on any atom is -0.456 e. The lowest BCUT2D eigenvalue weighted by Gasteiger charge is -2.19. The Bertz CT molecular complexity index is 3260. The number of hydrogen-bond donors (Lipinski definition) is 0. The third-order valence-electron chi connectivity index (χ3n) is 11.1. The third kappa shape index (κ3) is 4.12. The van der Waals surface area contributed by atoms with Gasteiger partial charge in [-0.2, -0.15) is 0 Å². The van der Waals surface area contributed by atoms with Gasteiger partial charge in [-0.15, -0.1) is 0 Å². The first-order chi connectivity index (χ1) is 26.3. The van der Waals surface area contributed by atoms with Crippen molar-refractivity contribution in [3.63, 3.8) is 0 Å². The molecule has 248 valence electrons. The number of furan rings is 3. The van der Waals surface area contributed by atoms with Gasteiger partial charge < -0.3 is 17.8 Å². The van der Waals surface area contributed by atoms with Crippen molar-refractivity contribution in [2.45, 2.75) is 5.92 Å². The van der Waals surface area contributed by atoms with E-state index >= 15 is 0 Å². The average molecular weight is 680 g/mol.